The largest absolute Gasteiger partial charge is 0.508 e. The lowest BCUT2D eigenvalue weighted by atomic mass is 10.2. The number of likely N-dealkylation sites (N-methyl/N-ethyl adjacent to an activating group) is 1. The van der Waals surface area contributed by atoms with Crippen LogP contribution in [0.25, 0.3) is 0 Å². The molecular formula is C25H29N3O4S. The number of amides is 1. The molecule has 33 heavy (non-hydrogen) atoms. The first-order valence-corrected chi connectivity index (χ1v) is 12.3. The molecular weight excluding hydrogens is 438 g/mol. The highest BCUT2D eigenvalue weighted by molar-refractivity contribution is 7.93. The van der Waals surface area contributed by atoms with E-state index in [-0.39, 0.29) is 16.6 Å². The van der Waals surface area contributed by atoms with Crippen molar-refractivity contribution in [2.75, 3.05) is 30.5 Å². The molecule has 1 amide bonds. The zero-order valence-electron chi connectivity index (χ0n) is 18.8. The second-order valence-electron chi connectivity index (χ2n) is 7.43. The van der Waals surface area contributed by atoms with Gasteiger partial charge in [-0.3, -0.25) is 4.79 Å². The van der Waals surface area contributed by atoms with E-state index in [1.807, 2.05) is 0 Å². The number of nitrogens with zero attached hydrogens (tertiary/aromatic N) is 2. The summed E-state index contributed by atoms with van der Waals surface area (Å²) >= 11 is 0. The van der Waals surface area contributed by atoms with Crippen LogP contribution >= 0.6 is 0 Å². The SMILES string of the molecule is CCN(CC)CCNC(=O)c1ccc(N(c2ccc(O)cc2)S(=O)(=O)c2ccccc2)cc1. The number of phenols is 1. The van der Waals surface area contributed by atoms with Crippen LogP contribution in [0.4, 0.5) is 11.4 Å². The van der Waals surface area contributed by atoms with Gasteiger partial charge in [0.2, 0.25) is 0 Å². The van der Waals surface area contributed by atoms with Crippen LogP contribution in [-0.4, -0.2) is 50.5 Å². The molecule has 0 aliphatic carbocycles. The van der Waals surface area contributed by atoms with Crippen molar-refractivity contribution in [3.8, 4) is 5.75 Å². The molecule has 0 radical (unpaired) electrons. The van der Waals surface area contributed by atoms with E-state index in [9.17, 15) is 18.3 Å². The number of carbonyl (C=O) groups excluding carboxylic acids is 1. The van der Waals surface area contributed by atoms with Crippen molar-refractivity contribution in [2.24, 2.45) is 0 Å². The molecule has 0 saturated heterocycles. The van der Waals surface area contributed by atoms with Gasteiger partial charge in [-0.25, -0.2) is 12.7 Å². The highest BCUT2D eigenvalue weighted by Gasteiger charge is 2.26. The molecule has 3 aromatic rings. The zero-order valence-corrected chi connectivity index (χ0v) is 19.6. The van der Waals surface area contributed by atoms with E-state index in [0.29, 0.717) is 23.5 Å². The van der Waals surface area contributed by atoms with Crippen LogP contribution in [0.15, 0.2) is 83.8 Å². The summed E-state index contributed by atoms with van der Waals surface area (Å²) in [5, 5.41) is 12.5. The lowest BCUT2D eigenvalue weighted by Gasteiger charge is -2.25. The van der Waals surface area contributed by atoms with Crippen LogP contribution in [-0.2, 0) is 10.0 Å². The minimum atomic E-state index is -3.94. The van der Waals surface area contributed by atoms with E-state index in [1.165, 1.54) is 40.7 Å². The van der Waals surface area contributed by atoms with E-state index < -0.39 is 10.0 Å². The van der Waals surface area contributed by atoms with Gasteiger partial charge in [0.1, 0.15) is 5.75 Å². The van der Waals surface area contributed by atoms with Crippen molar-refractivity contribution in [2.45, 2.75) is 18.7 Å². The number of phenolic OH excluding ortho intramolecular Hbond substituents is 1. The van der Waals surface area contributed by atoms with E-state index in [0.717, 1.165) is 19.6 Å². The summed E-state index contributed by atoms with van der Waals surface area (Å²) in [5.41, 5.74) is 1.19. The van der Waals surface area contributed by atoms with Gasteiger partial charge in [-0.1, -0.05) is 32.0 Å². The van der Waals surface area contributed by atoms with Gasteiger partial charge < -0.3 is 15.3 Å². The number of rotatable bonds is 10. The molecule has 0 saturated carbocycles. The van der Waals surface area contributed by atoms with Gasteiger partial charge in [0.15, 0.2) is 0 Å². The van der Waals surface area contributed by atoms with Crippen molar-refractivity contribution >= 4 is 27.3 Å². The third kappa shape index (κ3) is 5.91. The molecule has 0 fully saturated rings. The monoisotopic (exact) mass is 467 g/mol. The van der Waals surface area contributed by atoms with Crippen LogP contribution in [0.1, 0.15) is 24.2 Å². The molecule has 7 nitrogen and oxygen atoms in total. The van der Waals surface area contributed by atoms with Gasteiger partial charge in [0.25, 0.3) is 15.9 Å². The molecule has 0 atom stereocenters. The first kappa shape index (κ1) is 24.3. The Morgan fingerprint density at radius 2 is 1.39 bits per heavy atom. The van der Waals surface area contributed by atoms with Crippen LogP contribution in [0.3, 0.4) is 0 Å². The number of hydrogen-bond acceptors (Lipinski definition) is 5. The van der Waals surface area contributed by atoms with Crippen molar-refractivity contribution in [3.63, 3.8) is 0 Å². The molecule has 0 unspecified atom stereocenters. The lowest BCUT2D eigenvalue weighted by molar-refractivity contribution is 0.0949. The molecule has 0 aliphatic heterocycles. The Hall–Kier alpha value is -3.36. The molecule has 174 valence electrons. The van der Waals surface area contributed by atoms with Gasteiger partial charge in [-0.2, -0.15) is 0 Å². The Kier molecular flexibility index (Phi) is 8.08. The first-order valence-electron chi connectivity index (χ1n) is 10.9. The normalized spacial score (nSPS) is 11.4. The third-order valence-electron chi connectivity index (χ3n) is 5.34. The van der Waals surface area contributed by atoms with Gasteiger partial charge in [0, 0.05) is 18.7 Å². The van der Waals surface area contributed by atoms with Crippen molar-refractivity contribution in [1.82, 2.24) is 10.2 Å². The van der Waals surface area contributed by atoms with E-state index in [2.05, 4.69) is 24.1 Å². The predicted octanol–water partition coefficient (Wildman–Crippen LogP) is 3.99. The van der Waals surface area contributed by atoms with Crippen LogP contribution in [0, 0.1) is 0 Å². The fourth-order valence-corrected chi connectivity index (χ4v) is 4.94. The smallest absolute Gasteiger partial charge is 0.268 e. The Balaban J connectivity index is 1.87. The Morgan fingerprint density at radius 1 is 0.848 bits per heavy atom. The van der Waals surface area contributed by atoms with Crippen LogP contribution in [0.2, 0.25) is 0 Å². The zero-order chi connectivity index (χ0) is 23.8. The average molecular weight is 468 g/mol. The van der Waals surface area contributed by atoms with Gasteiger partial charge in [-0.05, 0) is 73.8 Å². The summed E-state index contributed by atoms with van der Waals surface area (Å²) in [5.74, 6) is -0.177. The molecule has 3 aromatic carbocycles. The Morgan fingerprint density at radius 3 is 1.94 bits per heavy atom. The fraction of sp³-hybridized carbons (Fsp3) is 0.240. The van der Waals surface area contributed by atoms with Gasteiger partial charge >= 0.3 is 0 Å². The quantitative estimate of drug-likeness (QED) is 0.471. The van der Waals surface area contributed by atoms with Gasteiger partial charge in [0.05, 0.1) is 16.3 Å². The van der Waals surface area contributed by atoms with Crippen molar-refractivity contribution in [1.29, 1.82) is 0 Å². The maximum Gasteiger partial charge on any atom is 0.268 e. The highest BCUT2D eigenvalue weighted by atomic mass is 32.2. The van der Waals surface area contributed by atoms with Gasteiger partial charge in [-0.15, -0.1) is 0 Å². The Bertz CT molecular complexity index is 1140. The number of hydrogen-bond donors (Lipinski definition) is 2. The maximum absolute atomic E-state index is 13.5. The fourth-order valence-electron chi connectivity index (χ4n) is 3.43. The second-order valence-corrected chi connectivity index (χ2v) is 9.22. The standard InChI is InChI=1S/C25H29N3O4S/c1-3-27(4-2)19-18-26-25(30)20-10-12-21(13-11-20)28(22-14-16-23(29)17-15-22)33(31,32)24-8-6-5-7-9-24/h5-17,29H,3-4,18-19H2,1-2H3,(H,26,30). The maximum atomic E-state index is 13.5. The molecule has 0 bridgehead atoms. The molecule has 0 aliphatic rings. The van der Waals surface area contributed by atoms with E-state index in [4.69, 9.17) is 0 Å². The molecule has 0 spiro atoms. The lowest BCUT2D eigenvalue weighted by Crippen LogP contribution is -2.34. The summed E-state index contributed by atoms with van der Waals surface area (Å²) in [6, 6.07) is 20.5. The third-order valence-corrected chi connectivity index (χ3v) is 7.11. The number of benzene rings is 3. The average Bonchev–Trinajstić information content (AvgIpc) is 2.84. The molecule has 2 N–H and O–H groups in total. The van der Waals surface area contributed by atoms with Crippen molar-refractivity contribution in [3.05, 3.63) is 84.4 Å². The highest BCUT2D eigenvalue weighted by Crippen LogP contribution is 2.33. The summed E-state index contributed by atoms with van der Waals surface area (Å²) in [6.07, 6.45) is 0. The number of aromatic hydroxyl groups is 1. The Labute approximate surface area is 195 Å². The van der Waals surface area contributed by atoms with Crippen molar-refractivity contribution < 1.29 is 18.3 Å². The van der Waals surface area contributed by atoms with Crippen LogP contribution in [0.5, 0.6) is 5.75 Å². The molecule has 0 aromatic heterocycles. The first-order chi connectivity index (χ1) is 15.9. The summed E-state index contributed by atoms with van der Waals surface area (Å²) in [7, 11) is -3.94. The van der Waals surface area contributed by atoms with E-state index in [1.54, 1.807) is 42.5 Å². The number of anilines is 2. The number of carbonyl (C=O) groups is 1. The van der Waals surface area contributed by atoms with E-state index >= 15 is 0 Å². The number of nitrogens with one attached hydrogen (secondary N) is 1. The summed E-state index contributed by atoms with van der Waals surface area (Å²) in [6.45, 7) is 7.29. The minimum Gasteiger partial charge on any atom is -0.508 e. The molecule has 3 rings (SSSR count). The minimum absolute atomic E-state index is 0.0348. The molecule has 0 heterocycles. The summed E-state index contributed by atoms with van der Waals surface area (Å²) in [4.78, 5) is 14.9. The number of sulfonamides is 1. The summed E-state index contributed by atoms with van der Waals surface area (Å²) < 4.78 is 28.2. The predicted molar refractivity (Wildman–Crippen MR) is 130 cm³/mol. The molecule has 8 heteroatoms. The van der Waals surface area contributed by atoms with Crippen LogP contribution < -0.4 is 9.62 Å². The second kappa shape index (κ2) is 11.0. The topological polar surface area (TPSA) is 89.9 Å².